The molecule has 1 saturated carbocycles. The van der Waals surface area contributed by atoms with Gasteiger partial charge in [-0.3, -0.25) is 0 Å². The van der Waals surface area contributed by atoms with Gasteiger partial charge in [-0.25, -0.2) is 4.68 Å². The molecule has 2 N–H and O–H groups in total. The van der Waals surface area contributed by atoms with E-state index in [1.54, 1.807) is 0 Å². The average molecular weight is 210 g/mol. The van der Waals surface area contributed by atoms with Gasteiger partial charge in [0, 0.05) is 12.2 Å². The molecule has 5 heteroatoms. The lowest BCUT2D eigenvalue weighted by Gasteiger charge is -2.31. The van der Waals surface area contributed by atoms with Crippen LogP contribution in [0.15, 0.2) is 6.20 Å². The maximum Gasteiger partial charge on any atom is 0.106 e. The molecule has 0 bridgehead atoms. The van der Waals surface area contributed by atoms with Gasteiger partial charge in [0.05, 0.1) is 11.4 Å². The van der Waals surface area contributed by atoms with E-state index in [4.69, 9.17) is 5.73 Å². The van der Waals surface area contributed by atoms with Crippen LogP contribution in [-0.2, 0) is 0 Å². The van der Waals surface area contributed by atoms with E-state index in [0.29, 0.717) is 12.1 Å². The van der Waals surface area contributed by atoms with Crippen molar-refractivity contribution in [2.45, 2.75) is 44.6 Å². The lowest BCUT2D eigenvalue weighted by Crippen LogP contribution is -2.40. The number of nitrogens with zero attached hydrogens (tertiary/aromatic N) is 3. The molecule has 1 fully saturated rings. The van der Waals surface area contributed by atoms with E-state index in [1.807, 2.05) is 4.68 Å². The molecule has 1 aromatic heterocycles. The van der Waals surface area contributed by atoms with Crippen molar-refractivity contribution in [2.24, 2.45) is 5.73 Å². The van der Waals surface area contributed by atoms with Crippen molar-refractivity contribution in [2.75, 3.05) is 0 Å². The Hall–Kier alpha value is -0.683. The Morgan fingerprint density at radius 1 is 1.43 bits per heavy atom. The number of rotatable bonds is 2. The molecule has 0 spiro atoms. The van der Waals surface area contributed by atoms with Crippen molar-refractivity contribution in [3.05, 3.63) is 6.20 Å². The van der Waals surface area contributed by atoms with Crippen LogP contribution in [-0.4, -0.2) is 29.1 Å². The molecule has 1 heterocycles. The van der Waals surface area contributed by atoms with Crippen LogP contribution in [0.2, 0.25) is 19.6 Å². The van der Waals surface area contributed by atoms with E-state index >= 15 is 0 Å². The lowest BCUT2D eigenvalue weighted by atomic mass is 9.88. The van der Waals surface area contributed by atoms with E-state index in [2.05, 4.69) is 36.1 Å². The van der Waals surface area contributed by atoms with Gasteiger partial charge < -0.3 is 5.73 Å². The third-order valence-electron chi connectivity index (χ3n) is 2.80. The van der Waals surface area contributed by atoms with Crippen molar-refractivity contribution in [1.82, 2.24) is 15.0 Å². The third-order valence-corrected chi connectivity index (χ3v) is 4.57. The number of aromatic nitrogens is 3. The topological polar surface area (TPSA) is 56.7 Å². The minimum atomic E-state index is -1.29. The summed E-state index contributed by atoms with van der Waals surface area (Å²) in [6.45, 7) is 6.86. The Kier molecular flexibility index (Phi) is 2.23. The largest absolute Gasteiger partial charge is 0.328 e. The van der Waals surface area contributed by atoms with Crippen LogP contribution in [0.5, 0.6) is 0 Å². The first-order valence-corrected chi connectivity index (χ1v) is 8.65. The van der Waals surface area contributed by atoms with E-state index in [9.17, 15) is 0 Å². The fourth-order valence-electron chi connectivity index (χ4n) is 1.64. The summed E-state index contributed by atoms with van der Waals surface area (Å²) in [5.41, 5.74) is 5.75. The molecule has 78 valence electrons. The Balaban J connectivity index is 2.11. The van der Waals surface area contributed by atoms with Gasteiger partial charge in [-0.1, -0.05) is 24.9 Å². The zero-order chi connectivity index (χ0) is 10.3. The smallest absolute Gasteiger partial charge is 0.106 e. The van der Waals surface area contributed by atoms with Gasteiger partial charge in [-0.05, 0) is 12.8 Å². The molecular weight excluding hydrogens is 192 g/mol. The first-order valence-electron chi connectivity index (χ1n) is 5.15. The van der Waals surface area contributed by atoms with Crippen molar-refractivity contribution in [1.29, 1.82) is 0 Å². The summed E-state index contributed by atoms with van der Waals surface area (Å²) in [4.78, 5) is 0. The summed E-state index contributed by atoms with van der Waals surface area (Å²) < 4.78 is 2.00. The van der Waals surface area contributed by atoms with Crippen LogP contribution < -0.4 is 11.1 Å². The van der Waals surface area contributed by atoms with Gasteiger partial charge in [0.25, 0.3) is 0 Å². The molecule has 1 aliphatic rings. The van der Waals surface area contributed by atoms with Crippen LogP contribution in [0.4, 0.5) is 0 Å². The van der Waals surface area contributed by atoms with E-state index < -0.39 is 8.07 Å². The Morgan fingerprint density at radius 3 is 2.50 bits per heavy atom. The molecule has 0 unspecified atom stereocenters. The molecule has 0 saturated heterocycles. The first kappa shape index (κ1) is 9.86. The van der Waals surface area contributed by atoms with Gasteiger partial charge >= 0.3 is 0 Å². The van der Waals surface area contributed by atoms with Crippen molar-refractivity contribution in [3.8, 4) is 0 Å². The Bertz CT molecular complexity index is 322. The van der Waals surface area contributed by atoms with Gasteiger partial charge in [0.1, 0.15) is 8.07 Å². The molecule has 14 heavy (non-hydrogen) atoms. The average Bonchev–Trinajstić information content (AvgIpc) is 2.45. The zero-order valence-electron chi connectivity index (χ0n) is 9.07. The van der Waals surface area contributed by atoms with Crippen LogP contribution in [0, 0.1) is 0 Å². The second-order valence-corrected chi connectivity index (χ2v) is 10.2. The highest BCUT2D eigenvalue weighted by atomic mass is 28.3. The van der Waals surface area contributed by atoms with Gasteiger partial charge in [-0.2, -0.15) is 0 Å². The second kappa shape index (κ2) is 3.17. The number of hydrogen-bond acceptors (Lipinski definition) is 3. The monoisotopic (exact) mass is 210 g/mol. The molecule has 0 atom stereocenters. The SMILES string of the molecule is C[Si](C)(C)c1cn(C2CC(N)C2)nn1. The molecule has 0 aliphatic heterocycles. The normalized spacial score (nSPS) is 27.4. The highest BCUT2D eigenvalue weighted by molar-refractivity contribution is 6.88. The summed E-state index contributed by atoms with van der Waals surface area (Å²) in [5, 5.41) is 9.63. The molecule has 2 rings (SSSR count). The summed E-state index contributed by atoms with van der Waals surface area (Å²) >= 11 is 0. The summed E-state index contributed by atoms with van der Waals surface area (Å²) in [6.07, 6.45) is 4.21. The fourth-order valence-corrected chi connectivity index (χ4v) is 2.51. The number of hydrogen-bond donors (Lipinski definition) is 1. The quantitative estimate of drug-likeness (QED) is 0.723. The van der Waals surface area contributed by atoms with E-state index in [0.717, 1.165) is 12.8 Å². The van der Waals surface area contributed by atoms with Crippen molar-refractivity contribution >= 4 is 13.4 Å². The first-order chi connectivity index (χ1) is 6.47. The standard InChI is InChI=1S/C9H18N4Si/c1-14(2,3)9-6-13(12-11-9)8-4-7(10)5-8/h6-8H,4-5,10H2,1-3H3. The second-order valence-electron chi connectivity index (χ2n) is 5.22. The highest BCUT2D eigenvalue weighted by Gasteiger charge is 2.29. The predicted molar refractivity (Wildman–Crippen MR) is 59.2 cm³/mol. The Morgan fingerprint density at radius 2 is 2.07 bits per heavy atom. The highest BCUT2D eigenvalue weighted by Crippen LogP contribution is 2.29. The molecule has 0 aromatic carbocycles. The van der Waals surface area contributed by atoms with E-state index in [-0.39, 0.29) is 0 Å². The molecular formula is C9H18N4Si. The van der Waals surface area contributed by atoms with E-state index in [1.165, 1.54) is 5.32 Å². The molecule has 4 nitrogen and oxygen atoms in total. The number of nitrogens with two attached hydrogens (primary N) is 1. The van der Waals surface area contributed by atoms with Crippen LogP contribution >= 0.6 is 0 Å². The Labute approximate surface area is 85.5 Å². The third kappa shape index (κ3) is 1.74. The zero-order valence-corrected chi connectivity index (χ0v) is 10.1. The maximum absolute atomic E-state index is 5.75. The summed E-state index contributed by atoms with van der Waals surface area (Å²) in [6, 6.07) is 0.877. The molecule has 0 radical (unpaired) electrons. The molecule has 0 amide bonds. The summed E-state index contributed by atoms with van der Waals surface area (Å²) in [5.74, 6) is 0. The van der Waals surface area contributed by atoms with Gasteiger partial charge in [0.15, 0.2) is 0 Å². The predicted octanol–water partition coefficient (Wildman–Crippen LogP) is 0.485. The van der Waals surface area contributed by atoms with Crippen LogP contribution in [0.3, 0.4) is 0 Å². The minimum absolute atomic E-state index is 0.375. The minimum Gasteiger partial charge on any atom is -0.328 e. The molecule has 1 aromatic rings. The summed E-state index contributed by atoms with van der Waals surface area (Å²) in [7, 11) is -1.29. The lowest BCUT2D eigenvalue weighted by molar-refractivity contribution is 0.243. The fraction of sp³-hybridized carbons (Fsp3) is 0.778. The van der Waals surface area contributed by atoms with Gasteiger partial charge in [0.2, 0.25) is 0 Å². The molecule has 1 aliphatic carbocycles. The van der Waals surface area contributed by atoms with Gasteiger partial charge in [-0.15, -0.1) is 5.10 Å². The van der Waals surface area contributed by atoms with Crippen molar-refractivity contribution < 1.29 is 0 Å². The van der Waals surface area contributed by atoms with Crippen LogP contribution in [0.25, 0.3) is 0 Å². The maximum atomic E-state index is 5.75. The van der Waals surface area contributed by atoms with Crippen molar-refractivity contribution in [3.63, 3.8) is 0 Å². The van der Waals surface area contributed by atoms with Crippen LogP contribution in [0.1, 0.15) is 18.9 Å².